The fourth-order valence-electron chi connectivity index (χ4n) is 2.59. The monoisotopic (exact) mass is 380 g/mol. The van der Waals surface area contributed by atoms with Crippen LogP contribution in [0.3, 0.4) is 0 Å². The Hall–Kier alpha value is -2.77. The van der Waals surface area contributed by atoms with Crippen LogP contribution >= 0.6 is 22.7 Å². The van der Waals surface area contributed by atoms with Crippen LogP contribution in [0.1, 0.15) is 20.9 Å². The Morgan fingerprint density at radius 3 is 2.81 bits per heavy atom. The standard InChI is InChI=1S/C19H16N4OS2/c1-13-10-17(23(22-13)12-14-6-3-2-4-7-14)21-18(24)16-11-20-19(26-16)15-8-5-9-25-15/h2-11H,12H2,1H3,(H,21,24). The molecule has 0 fully saturated rings. The molecular weight excluding hydrogens is 364 g/mol. The van der Waals surface area contributed by atoms with E-state index in [2.05, 4.69) is 15.4 Å². The Kier molecular flexibility index (Phi) is 4.64. The molecule has 1 N–H and O–H groups in total. The maximum Gasteiger partial charge on any atom is 0.268 e. The van der Waals surface area contributed by atoms with Crippen molar-refractivity contribution in [1.82, 2.24) is 14.8 Å². The van der Waals surface area contributed by atoms with E-state index in [1.807, 2.05) is 65.5 Å². The van der Waals surface area contributed by atoms with Crippen molar-refractivity contribution in [3.8, 4) is 9.88 Å². The number of rotatable bonds is 5. The van der Waals surface area contributed by atoms with Crippen molar-refractivity contribution < 1.29 is 4.79 Å². The maximum absolute atomic E-state index is 12.6. The molecule has 0 aliphatic carbocycles. The third-order valence-electron chi connectivity index (χ3n) is 3.78. The lowest BCUT2D eigenvalue weighted by Crippen LogP contribution is -2.15. The molecule has 5 nitrogen and oxygen atoms in total. The second kappa shape index (κ2) is 7.23. The lowest BCUT2D eigenvalue weighted by Gasteiger charge is -2.08. The summed E-state index contributed by atoms with van der Waals surface area (Å²) in [7, 11) is 0. The second-order valence-corrected chi connectivity index (χ2v) is 7.75. The van der Waals surface area contributed by atoms with Gasteiger partial charge < -0.3 is 5.32 Å². The lowest BCUT2D eigenvalue weighted by atomic mass is 10.2. The molecule has 0 spiro atoms. The van der Waals surface area contributed by atoms with Crippen molar-refractivity contribution in [1.29, 1.82) is 0 Å². The molecule has 0 saturated heterocycles. The molecule has 0 unspecified atom stereocenters. The summed E-state index contributed by atoms with van der Waals surface area (Å²) < 4.78 is 1.81. The number of nitrogens with zero attached hydrogens (tertiary/aromatic N) is 3. The van der Waals surface area contributed by atoms with Gasteiger partial charge in [0.25, 0.3) is 5.91 Å². The summed E-state index contributed by atoms with van der Waals surface area (Å²) in [6.07, 6.45) is 1.62. The zero-order chi connectivity index (χ0) is 17.9. The predicted molar refractivity (Wildman–Crippen MR) is 106 cm³/mol. The Labute approximate surface area is 159 Å². The van der Waals surface area contributed by atoms with Crippen LogP contribution < -0.4 is 5.32 Å². The highest BCUT2D eigenvalue weighted by atomic mass is 32.1. The van der Waals surface area contributed by atoms with Gasteiger partial charge >= 0.3 is 0 Å². The van der Waals surface area contributed by atoms with E-state index >= 15 is 0 Å². The van der Waals surface area contributed by atoms with Crippen molar-refractivity contribution in [2.75, 3.05) is 5.32 Å². The largest absolute Gasteiger partial charge is 0.306 e. The van der Waals surface area contributed by atoms with E-state index in [1.54, 1.807) is 17.5 Å². The number of thiophene rings is 1. The first-order valence-corrected chi connectivity index (χ1v) is 9.78. The summed E-state index contributed by atoms with van der Waals surface area (Å²) in [5.74, 6) is 0.516. The van der Waals surface area contributed by atoms with Gasteiger partial charge in [0.05, 0.1) is 23.3 Å². The number of aryl methyl sites for hydroxylation is 1. The number of carbonyl (C=O) groups excluding carboxylic acids is 1. The number of thiazole rings is 1. The highest BCUT2D eigenvalue weighted by Gasteiger charge is 2.15. The Bertz CT molecular complexity index is 1020. The number of hydrogen-bond donors (Lipinski definition) is 1. The second-order valence-electron chi connectivity index (χ2n) is 5.78. The van der Waals surface area contributed by atoms with Gasteiger partial charge in [-0.15, -0.1) is 22.7 Å². The quantitative estimate of drug-likeness (QED) is 0.547. The molecule has 3 aromatic heterocycles. The average Bonchev–Trinajstić information content (AvgIpc) is 3.37. The van der Waals surface area contributed by atoms with Gasteiger partial charge in [0.1, 0.15) is 15.7 Å². The van der Waals surface area contributed by atoms with Gasteiger partial charge in [-0.05, 0) is 23.9 Å². The fourth-order valence-corrected chi connectivity index (χ4v) is 4.21. The van der Waals surface area contributed by atoms with Gasteiger partial charge in [0, 0.05) is 6.07 Å². The van der Waals surface area contributed by atoms with E-state index < -0.39 is 0 Å². The normalized spacial score (nSPS) is 10.8. The smallest absolute Gasteiger partial charge is 0.268 e. The number of aromatic nitrogens is 3. The highest BCUT2D eigenvalue weighted by molar-refractivity contribution is 7.22. The van der Waals surface area contributed by atoms with Crippen LogP contribution in [0, 0.1) is 6.92 Å². The molecule has 4 aromatic rings. The highest BCUT2D eigenvalue weighted by Crippen LogP contribution is 2.29. The van der Waals surface area contributed by atoms with Crippen molar-refractivity contribution in [3.63, 3.8) is 0 Å². The minimum Gasteiger partial charge on any atom is -0.306 e. The van der Waals surface area contributed by atoms with Gasteiger partial charge in [0.2, 0.25) is 0 Å². The Balaban J connectivity index is 1.53. The average molecular weight is 380 g/mol. The van der Waals surface area contributed by atoms with Crippen molar-refractivity contribution >= 4 is 34.4 Å². The van der Waals surface area contributed by atoms with Gasteiger partial charge in [0.15, 0.2) is 0 Å². The van der Waals surface area contributed by atoms with E-state index in [1.165, 1.54) is 11.3 Å². The Morgan fingerprint density at radius 2 is 2.04 bits per heavy atom. The van der Waals surface area contributed by atoms with Crippen molar-refractivity contribution in [3.05, 3.63) is 76.2 Å². The minimum atomic E-state index is -0.167. The summed E-state index contributed by atoms with van der Waals surface area (Å²) in [5, 5.41) is 10.3. The SMILES string of the molecule is Cc1cc(NC(=O)c2cnc(-c3cccs3)s2)n(Cc2ccccc2)n1. The summed E-state index contributed by atoms with van der Waals surface area (Å²) in [6.45, 7) is 2.52. The molecule has 0 radical (unpaired) electrons. The van der Waals surface area contributed by atoms with E-state index in [4.69, 9.17) is 0 Å². The number of benzene rings is 1. The topological polar surface area (TPSA) is 59.8 Å². The first kappa shape index (κ1) is 16.7. The first-order chi connectivity index (χ1) is 12.7. The Morgan fingerprint density at radius 1 is 1.19 bits per heavy atom. The van der Waals surface area contributed by atoms with Gasteiger partial charge in [-0.1, -0.05) is 36.4 Å². The van der Waals surface area contributed by atoms with E-state index in [-0.39, 0.29) is 5.91 Å². The van der Waals surface area contributed by atoms with E-state index in [0.717, 1.165) is 21.1 Å². The third kappa shape index (κ3) is 3.58. The van der Waals surface area contributed by atoms with Crippen molar-refractivity contribution in [2.24, 2.45) is 0 Å². The van der Waals surface area contributed by atoms with E-state index in [9.17, 15) is 4.79 Å². The molecule has 0 bridgehead atoms. The fraction of sp³-hybridized carbons (Fsp3) is 0.105. The third-order valence-corrected chi connectivity index (χ3v) is 5.82. The first-order valence-electron chi connectivity index (χ1n) is 8.08. The molecule has 0 aliphatic rings. The lowest BCUT2D eigenvalue weighted by molar-refractivity contribution is 0.102. The van der Waals surface area contributed by atoms with Crippen LogP contribution in [0.25, 0.3) is 9.88 Å². The molecule has 130 valence electrons. The van der Waals surface area contributed by atoms with Gasteiger partial charge in [-0.2, -0.15) is 5.10 Å². The summed E-state index contributed by atoms with van der Waals surface area (Å²) >= 11 is 3.01. The predicted octanol–water partition coefficient (Wildman–Crippen LogP) is 4.68. The number of hydrogen-bond acceptors (Lipinski definition) is 5. The van der Waals surface area contributed by atoms with Gasteiger partial charge in [-0.25, -0.2) is 9.67 Å². The summed E-state index contributed by atoms with van der Waals surface area (Å²) in [5.41, 5.74) is 1.99. The molecule has 0 aliphatic heterocycles. The van der Waals surface area contributed by atoms with Gasteiger partial charge in [-0.3, -0.25) is 4.79 Å². The molecular formula is C19H16N4OS2. The zero-order valence-corrected chi connectivity index (χ0v) is 15.7. The van der Waals surface area contributed by atoms with Crippen molar-refractivity contribution in [2.45, 2.75) is 13.5 Å². The summed E-state index contributed by atoms with van der Waals surface area (Å²) in [6, 6.07) is 15.9. The summed E-state index contributed by atoms with van der Waals surface area (Å²) in [4.78, 5) is 18.6. The molecule has 0 atom stereocenters. The number of anilines is 1. The van der Waals surface area contributed by atoms with Crippen LogP contribution in [-0.2, 0) is 6.54 Å². The molecule has 4 rings (SSSR count). The molecule has 0 saturated carbocycles. The number of amides is 1. The van der Waals surface area contributed by atoms with Crippen LogP contribution in [0.4, 0.5) is 5.82 Å². The number of carbonyl (C=O) groups is 1. The van der Waals surface area contributed by atoms with E-state index in [0.29, 0.717) is 17.2 Å². The molecule has 1 aromatic carbocycles. The van der Waals surface area contributed by atoms with Crippen LogP contribution in [-0.4, -0.2) is 20.7 Å². The minimum absolute atomic E-state index is 0.167. The molecule has 26 heavy (non-hydrogen) atoms. The number of nitrogens with one attached hydrogen (secondary N) is 1. The molecule has 1 amide bonds. The molecule has 3 heterocycles. The van der Waals surface area contributed by atoms with Crippen LogP contribution in [0.5, 0.6) is 0 Å². The maximum atomic E-state index is 12.6. The van der Waals surface area contributed by atoms with Crippen LogP contribution in [0.15, 0.2) is 60.1 Å². The zero-order valence-electron chi connectivity index (χ0n) is 14.0. The van der Waals surface area contributed by atoms with Crippen LogP contribution in [0.2, 0.25) is 0 Å². The molecule has 7 heteroatoms.